The molecule has 0 aliphatic carbocycles. The van der Waals surface area contributed by atoms with Crippen molar-refractivity contribution in [2.75, 3.05) is 12.0 Å². The summed E-state index contributed by atoms with van der Waals surface area (Å²) in [6.45, 7) is 0. The standard InChI is InChI=1S/C12H13BrClNO3S/c1-19-6-5-9(12(17)18)15-11(16)7-3-2-4-8(13)10(7)14/h2-4,9H,5-6H2,1H3,(H,15,16)(H,17,18). The molecule has 7 heteroatoms. The quantitative estimate of drug-likeness (QED) is 0.812. The van der Waals surface area contributed by atoms with Gasteiger partial charge in [0, 0.05) is 4.47 Å². The summed E-state index contributed by atoms with van der Waals surface area (Å²) in [5.41, 5.74) is 0.256. The Kier molecular flexibility index (Phi) is 6.68. The van der Waals surface area contributed by atoms with Crippen LogP contribution in [-0.4, -0.2) is 35.0 Å². The second kappa shape index (κ2) is 7.77. The first-order valence-electron chi connectivity index (χ1n) is 5.44. The van der Waals surface area contributed by atoms with Crippen molar-refractivity contribution in [1.82, 2.24) is 5.32 Å². The molecule has 0 saturated heterocycles. The lowest BCUT2D eigenvalue weighted by Gasteiger charge is -2.14. The minimum absolute atomic E-state index is 0.256. The van der Waals surface area contributed by atoms with E-state index in [-0.39, 0.29) is 10.6 Å². The highest BCUT2D eigenvalue weighted by atomic mass is 79.9. The lowest BCUT2D eigenvalue weighted by atomic mass is 10.1. The van der Waals surface area contributed by atoms with Crippen LogP contribution in [0.4, 0.5) is 0 Å². The van der Waals surface area contributed by atoms with Crippen LogP contribution < -0.4 is 5.32 Å². The molecule has 1 aromatic rings. The molecule has 2 N–H and O–H groups in total. The van der Waals surface area contributed by atoms with Gasteiger partial charge in [0.25, 0.3) is 5.91 Å². The zero-order valence-electron chi connectivity index (χ0n) is 10.2. The predicted octanol–water partition coefficient (Wildman–Crippen LogP) is 3.04. The number of thioether (sulfide) groups is 1. The van der Waals surface area contributed by atoms with Crippen LogP contribution in [0.2, 0.25) is 5.02 Å². The molecule has 104 valence electrons. The number of hydrogen-bond donors (Lipinski definition) is 2. The molecule has 1 rings (SSSR count). The summed E-state index contributed by atoms with van der Waals surface area (Å²) >= 11 is 10.7. The number of nitrogens with one attached hydrogen (secondary N) is 1. The zero-order chi connectivity index (χ0) is 14.4. The van der Waals surface area contributed by atoms with Crippen molar-refractivity contribution < 1.29 is 14.7 Å². The van der Waals surface area contributed by atoms with Gasteiger partial charge < -0.3 is 10.4 Å². The Balaban J connectivity index is 2.82. The van der Waals surface area contributed by atoms with Crippen LogP contribution in [0.25, 0.3) is 0 Å². The monoisotopic (exact) mass is 365 g/mol. The average molecular weight is 367 g/mol. The van der Waals surface area contributed by atoms with Gasteiger partial charge in [-0.1, -0.05) is 17.7 Å². The summed E-state index contributed by atoms with van der Waals surface area (Å²) in [7, 11) is 0. The van der Waals surface area contributed by atoms with Crippen LogP contribution in [0.1, 0.15) is 16.8 Å². The Morgan fingerprint density at radius 1 is 1.53 bits per heavy atom. The first-order chi connectivity index (χ1) is 8.97. The molecule has 1 unspecified atom stereocenters. The van der Waals surface area contributed by atoms with Gasteiger partial charge >= 0.3 is 5.97 Å². The molecule has 0 aliphatic heterocycles. The van der Waals surface area contributed by atoms with Gasteiger partial charge in [0.2, 0.25) is 0 Å². The SMILES string of the molecule is CSCCC(NC(=O)c1cccc(Br)c1Cl)C(=O)O. The van der Waals surface area contributed by atoms with Crippen molar-refractivity contribution in [3.8, 4) is 0 Å². The van der Waals surface area contributed by atoms with Crippen LogP contribution in [-0.2, 0) is 4.79 Å². The van der Waals surface area contributed by atoms with Crippen molar-refractivity contribution in [1.29, 1.82) is 0 Å². The fourth-order valence-electron chi connectivity index (χ4n) is 1.41. The summed E-state index contributed by atoms with van der Waals surface area (Å²) in [5.74, 6) is -0.878. The van der Waals surface area contributed by atoms with Gasteiger partial charge in [0.15, 0.2) is 0 Å². The zero-order valence-corrected chi connectivity index (χ0v) is 13.3. The van der Waals surface area contributed by atoms with E-state index in [1.165, 1.54) is 11.8 Å². The maximum Gasteiger partial charge on any atom is 0.326 e. The molecule has 0 aromatic heterocycles. The Hall–Kier alpha value is -0.720. The number of halogens is 2. The summed E-state index contributed by atoms with van der Waals surface area (Å²) in [6, 6.07) is 4.02. The summed E-state index contributed by atoms with van der Waals surface area (Å²) < 4.78 is 0.595. The fourth-order valence-corrected chi connectivity index (χ4v) is 2.46. The highest BCUT2D eigenvalue weighted by Crippen LogP contribution is 2.26. The van der Waals surface area contributed by atoms with Gasteiger partial charge in [0.1, 0.15) is 6.04 Å². The number of hydrogen-bond acceptors (Lipinski definition) is 3. The topological polar surface area (TPSA) is 66.4 Å². The van der Waals surface area contributed by atoms with E-state index in [0.29, 0.717) is 16.6 Å². The van der Waals surface area contributed by atoms with Crippen LogP contribution in [0.15, 0.2) is 22.7 Å². The molecule has 0 saturated carbocycles. The van der Waals surface area contributed by atoms with E-state index in [0.717, 1.165) is 0 Å². The molecule has 0 spiro atoms. The van der Waals surface area contributed by atoms with Crippen molar-refractivity contribution in [3.05, 3.63) is 33.3 Å². The predicted molar refractivity (Wildman–Crippen MR) is 81.0 cm³/mol. The first-order valence-corrected chi connectivity index (χ1v) is 8.00. The lowest BCUT2D eigenvalue weighted by Crippen LogP contribution is -2.41. The van der Waals surface area contributed by atoms with Crippen LogP contribution in [0.5, 0.6) is 0 Å². The Morgan fingerprint density at radius 2 is 2.21 bits per heavy atom. The van der Waals surface area contributed by atoms with E-state index in [1.54, 1.807) is 18.2 Å². The third kappa shape index (κ3) is 4.71. The van der Waals surface area contributed by atoms with Crippen molar-refractivity contribution in [3.63, 3.8) is 0 Å². The minimum atomic E-state index is -1.05. The number of amides is 1. The maximum absolute atomic E-state index is 12.0. The van der Waals surface area contributed by atoms with Crippen molar-refractivity contribution >= 4 is 51.2 Å². The maximum atomic E-state index is 12.0. The summed E-state index contributed by atoms with van der Waals surface area (Å²) in [5, 5.41) is 11.8. The molecule has 4 nitrogen and oxygen atoms in total. The average Bonchev–Trinajstić information content (AvgIpc) is 2.37. The molecular formula is C12H13BrClNO3S. The summed E-state index contributed by atoms with van der Waals surface area (Å²) in [4.78, 5) is 23.1. The van der Waals surface area contributed by atoms with Gasteiger partial charge in [-0.2, -0.15) is 11.8 Å². The normalized spacial score (nSPS) is 11.9. The van der Waals surface area contributed by atoms with Gasteiger partial charge in [0.05, 0.1) is 10.6 Å². The van der Waals surface area contributed by atoms with Gasteiger partial charge in [-0.05, 0) is 46.5 Å². The van der Waals surface area contributed by atoms with E-state index in [2.05, 4.69) is 21.2 Å². The molecule has 19 heavy (non-hydrogen) atoms. The molecule has 1 aromatic carbocycles. The van der Waals surface area contributed by atoms with Crippen LogP contribution in [0.3, 0.4) is 0 Å². The van der Waals surface area contributed by atoms with E-state index in [9.17, 15) is 9.59 Å². The highest BCUT2D eigenvalue weighted by Gasteiger charge is 2.21. The Bertz CT molecular complexity index is 484. The fraction of sp³-hybridized carbons (Fsp3) is 0.333. The van der Waals surface area contributed by atoms with E-state index >= 15 is 0 Å². The van der Waals surface area contributed by atoms with E-state index in [1.807, 2.05) is 6.26 Å². The van der Waals surface area contributed by atoms with Crippen LogP contribution in [0, 0.1) is 0 Å². The van der Waals surface area contributed by atoms with Crippen LogP contribution >= 0.6 is 39.3 Å². The second-order valence-electron chi connectivity index (χ2n) is 3.75. The van der Waals surface area contributed by atoms with E-state index < -0.39 is 17.9 Å². The molecule has 0 aliphatic rings. The third-order valence-corrected chi connectivity index (χ3v) is 4.35. The molecule has 0 fully saturated rings. The number of carboxylic acids is 1. The molecule has 0 bridgehead atoms. The van der Waals surface area contributed by atoms with Crippen molar-refractivity contribution in [2.24, 2.45) is 0 Å². The minimum Gasteiger partial charge on any atom is -0.480 e. The number of aliphatic carboxylic acids is 1. The van der Waals surface area contributed by atoms with Crippen molar-refractivity contribution in [2.45, 2.75) is 12.5 Å². The smallest absolute Gasteiger partial charge is 0.326 e. The van der Waals surface area contributed by atoms with Gasteiger partial charge in [-0.15, -0.1) is 0 Å². The number of carbonyl (C=O) groups excluding carboxylic acids is 1. The highest BCUT2D eigenvalue weighted by molar-refractivity contribution is 9.10. The molecular weight excluding hydrogens is 354 g/mol. The number of carboxylic acid groups (broad SMARTS) is 1. The largest absolute Gasteiger partial charge is 0.480 e. The van der Waals surface area contributed by atoms with E-state index in [4.69, 9.17) is 16.7 Å². The number of benzene rings is 1. The van der Waals surface area contributed by atoms with Gasteiger partial charge in [-0.3, -0.25) is 4.79 Å². The molecule has 0 heterocycles. The number of rotatable bonds is 6. The first kappa shape index (κ1) is 16.3. The Morgan fingerprint density at radius 3 is 2.79 bits per heavy atom. The lowest BCUT2D eigenvalue weighted by molar-refractivity contribution is -0.139. The summed E-state index contributed by atoms with van der Waals surface area (Å²) in [6.07, 6.45) is 2.25. The Labute approximate surface area is 129 Å². The third-order valence-electron chi connectivity index (χ3n) is 2.41. The second-order valence-corrected chi connectivity index (χ2v) is 5.97. The number of carbonyl (C=O) groups is 2. The molecule has 0 radical (unpaired) electrons. The molecule has 1 amide bonds. The molecule has 1 atom stereocenters. The van der Waals surface area contributed by atoms with Gasteiger partial charge in [-0.25, -0.2) is 4.79 Å².